The Morgan fingerprint density at radius 2 is 2.36 bits per heavy atom. The van der Waals surface area contributed by atoms with Crippen molar-refractivity contribution in [1.29, 1.82) is 0 Å². The number of piperidine rings is 1. The normalized spacial score (nSPS) is 26.1. The molecule has 2 unspecified atom stereocenters. The van der Waals surface area contributed by atoms with Crippen LogP contribution >= 0.6 is 0 Å². The van der Waals surface area contributed by atoms with Crippen LogP contribution in [-0.2, 0) is 4.79 Å². The van der Waals surface area contributed by atoms with E-state index in [0.29, 0.717) is 12.3 Å². The van der Waals surface area contributed by atoms with E-state index in [1.165, 1.54) is 0 Å². The summed E-state index contributed by atoms with van der Waals surface area (Å²) in [6.45, 7) is 4.61. The lowest BCUT2D eigenvalue weighted by Gasteiger charge is -2.30. The number of Topliss-reactive ketones (excluding diaryl/α,β-unsaturated/α-hetero) is 1. The average Bonchev–Trinajstić information content (AvgIpc) is 2.19. The van der Waals surface area contributed by atoms with Crippen LogP contribution in [0.4, 0.5) is 0 Å². The van der Waals surface area contributed by atoms with E-state index >= 15 is 0 Å². The third-order valence-electron chi connectivity index (χ3n) is 3.21. The van der Waals surface area contributed by atoms with Gasteiger partial charge in [-0.25, -0.2) is 0 Å². The van der Waals surface area contributed by atoms with Gasteiger partial charge in [0.1, 0.15) is 5.78 Å². The van der Waals surface area contributed by atoms with Crippen molar-refractivity contribution >= 4 is 5.78 Å². The van der Waals surface area contributed by atoms with Crippen molar-refractivity contribution in [3.63, 3.8) is 0 Å². The molecule has 3 nitrogen and oxygen atoms in total. The molecule has 1 saturated heterocycles. The molecule has 0 aromatic rings. The molecule has 0 spiro atoms. The van der Waals surface area contributed by atoms with Crippen LogP contribution < -0.4 is 5.73 Å². The van der Waals surface area contributed by atoms with Crippen LogP contribution in [0.3, 0.4) is 0 Å². The van der Waals surface area contributed by atoms with Gasteiger partial charge in [0.15, 0.2) is 0 Å². The van der Waals surface area contributed by atoms with Crippen molar-refractivity contribution in [3.8, 4) is 0 Å². The van der Waals surface area contributed by atoms with Gasteiger partial charge in [-0.2, -0.15) is 0 Å². The highest BCUT2D eigenvalue weighted by Crippen LogP contribution is 2.20. The van der Waals surface area contributed by atoms with Crippen molar-refractivity contribution in [2.45, 2.75) is 26.2 Å². The van der Waals surface area contributed by atoms with E-state index in [1.54, 1.807) is 0 Å². The zero-order valence-electron chi connectivity index (χ0n) is 9.33. The van der Waals surface area contributed by atoms with Gasteiger partial charge in [0.25, 0.3) is 0 Å². The maximum atomic E-state index is 12.0. The van der Waals surface area contributed by atoms with Gasteiger partial charge in [0.05, 0.1) is 0 Å². The van der Waals surface area contributed by atoms with Gasteiger partial charge < -0.3 is 10.6 Å². The first-order valence-corrected chi connectivity index (χ1v) is 5.61. The van der Waals surface area contributed by atoms with Crippen LogP contribution in [0, 0.1) is 11.8 Å². The quantitative estimate of drug-likeness (QED) is 0.729. The standard InChI is InChI=1S/C11H22N2O/c1-3-9(7-12)11(14)10-5-4-6-13(2)8-10/h9-10H,3-8,12H2,1-2H3. The molecule has 0 aliphatic carbocycles. The number of hydrogen-bond acceptors (Lipinski definition) is 3. The highest BCUT2D eigenvalue weighted by Gasteiger charge is 2.27. The van der Waals surface area contributed by atoms with E-state index in [-0.39, 0.29) is 11.8 Å². The minimum atomic E-state index is 0.0894. The van der Waals surface area contributed by atoms with Crippen molar-refractivity contribution < 1.29 is 4.79 Å². The molecule has 1 aliphatic heterocycles. The predicted molar refractivity (Wildman–Crippen MR) is 58.1 cm³/mol. The smallest absolute Gasteiger partial charge is 0.141 e. The first-order chi connectivity index (χ1) is 6.69. The third kappa shape index (κ3) is 2.79. The van der Waals surface area contributed by atoms with E-state index in [2.05, 4.69) is 11.9 Å². The Balaban J connectivity index is 2.50. The molecule has 0 bridgehead atoms. The Labute approximate surface area is 86.6 Å². The highest BCUT2D eigenvalue weighted by atomic mass is 16.1. The third-order valence-corrected chi connectivity index (χ3v) is 3.21. The summed E-state index contributed by atoms with van der Waals surface area (Å²) in [5.41, 5.74) is 5.59. The zero-order valence-corrected chi connectivity index (χ0v) is 9.33. The number of ketones is 1. The fourth-order valence-electron chi connectivity index (χ4n) is 2.22. The Kier molecular flexibility index (Phi) is 4.55. The topological polar surface area (TPSA) is 46.3 Å². The number of rotatable bonds is 4. The molecule has 0 aromatic carbocycles. The summed E-state index contributed by atoms with van der Waals surface area (Å²) in [5.74, 6) is 0.718. The summed E-state index contributed by atoms with van der Waals surface area (Å²) < 4.78 is 0. The number of hydrogen-bond donors (Lipinski definition) is 1. The van der Waals surface area contributed by atoms with Gasteiger partial charge in [0, 0.05) is 24.9 Å². The molecule has 1 heterocycles. The Hall–Kier alpha value is -0.410. The zero-order chi connectivity index (χ0) is 10.6. The average molecular weight is 198 g/mol. The molecule has 2 atom stereocenters. The first kappa shape index (κ1) is 11.7. The van der Waals surface area contributed by atoms with Gasteiger partial charge in [0.2, 0.25) is 0 Å². The first-order valence-electron chi connectivity index (χ1n) is 5.61. The van der Waals surface area contributed by atoms with Crippen LogP contribution in [-0.4, -0.2) is 37.4 Å². The van der Waals surface area contributed by atoms with Crippen molar-refractivity contribution in [2.75, 3.05) is 26.7 Å². The molecule has 82 valence electrons. The maximum Gasteiger partial charge on any atom is 0.141 e. The van der Waals surface area contributed by atoms with Crippen LogP contribution in [0.5, 0.6) is 0 Å². The second-order valence-electron chi connectivity index (χ2n) is 4.34. The molecule has 0 aromatic heterocycles. The van der Waals surface area contributed by atoms with Gasteiger partial charge >= 0.3 is 0 Å². The Bertz CT molecular complexity index is 190. The summed E-state index contributed by atoms with van der Waals surface area (Å²) >= 11 is 0. The van der Waals surface area contributed by atoms with E-state index in [0.717, 1.165) is 32.4 Å². The van der Waals surface area contributed by atoms with E-state index in [4.69, 9.17) is 5.73 Å². The summed E-state index contributed by atoms with van der Waals surface area (Å²) in [6.07, 6.45) is 3.09. The van der Waals surface area contributed by atoms with E-state index in [1.807, 2.05) is 6.92 Å². The Morgan fingerprint density at radius 3 is 2.86 bits per heavy atom. The molecule has 1 aliphatic rings. The molecule has 3 heteroatoms. The lowest BCUT2D eigenvalue weighted by molar-refractivity contribution is -0.128. The maximum absolute atomic E-state index is 12.0. The number of carbonyl (C=O) groups is 1. The molecule has 2 N–H and O–H groups in total. The summed E-state index contributed by atoms with van der Waals surface area (Å²) in [5, 5.41) is 0. The molecule has 14 heavy (non-hydrogen) atoms. The molecular weight excluding hydrogens is 176 g/mol. The van der Waals surface area contributed by atoms with Gasteiger partial charge in [-0.3, -0.25) is 4.79 Å². The lowest BCUT2D eigenvalue weighted by atomic mass is 9.86. The SMILES string of the molecule is CCC(CN)C(=O)C1CCCN(C)C1. The lowest BCUT2D eigenvalue weighted by Crippen LogP contribution is -2.39. The van der Waals surface area contributed by atoms with Crippen LogP contribution in [0.2, 0.25) is 0 Å². The minimum Gasteiger partial charge on any atom is -0.330 e. The van der Waals surface area contributed by atoms with E-state index in [9.17, 15) is 4.79 Å². The molecule has 0 radical (unpaired) electrons. The molecular formula is C11H22N2O. The monoisotopic (exact) mass is 198 g/mol. The summed E-state index contributed by atoms with van der Waals surface area (Å²) in [7, 11) is 2.09. The summed E-state index contributed by atoms with van der Waals surface area (Å²) in [4.78, 5) is 14.2. The minimum absolute atomic E-state index is 0.0894. The number of nitrogens with zero attached hydrogens (tertiary/aromatic N) is 1. The van der Waals surface area contributed by atoms with E-state index < -0.39 is 0 Å². The fourth-order valence-corrected chi connectivity index (χ4v) is 2.22. The van der Waals surface area contributed by atoms with Crippen LogP contribution in [0.1, 0.15) is 26.2 Å². The molecule has 0 saturated carbocycles. The van der Waals surface area contributed by atoms with Crippen molar-refractivity contribution in [3.05, 3.63) is 0 Å². The van der Waals surface area contributed by atoms with Gasteiger partial charge in [-0.1, -0.05) is 6.92 Å². The number of nitrogens with two attached hydrogens (primary N) is 1. The molecule has 1 fully saturated rings. The highest BCUT2D eigenvalue weighted by molar-refractivity contribution is 5.83. The second kappa shape index (κ2) is 5.47. The summed E-state index contributed by atoms with van der Waals surface area (Å²) in [6, 6.07) is 0. The predicted octanol–water partition coefficient (Wildman–Crippen LogP) is 0.882. The largest absolute Gasteiger partial charge is 0.330 e. The molecule has 1 rings (SSSR count). The van der Waals surface area contributed by atoms with Crippen molar-refractivity contribution in [1.82, 2.24) is 4.90 Å². The van der Waals surface area contributed by atoms with Crippen LogP contribution in [0.25, 0.3) is 0 Å². The van der Waals surface area contributed by atoms with Crippen molar-refractivity contribution in [2.24, 2.45) is 17.6 Å². The Morgan fingerprint density at radius 1 is 1.64 bits per heavy atom. The number of likely N-dealkylation sites (tertiary alicyclic amines) is 1. The number of carbonyl (C=O) groups excluding carboxylic acids is 1. The van der Waals surface area contributed by atoms with Gasteiger partial charge in [-0.15, -0.1) is 0 Å². The second-order valence-corrected chi connectivity index (χ2v) is 4.34. The molecule has 0 amide bonds. The fraction of sp³-hybridized carbons (Fsp3) is 0.909. The van der Waals surface area contributed by atoms with Gasteiger partial charge in [-0.05, 0) is 32.9 Å². The van der Waals surface area contributed by atoms with Crippen LogP contribution in [0.15, 0.2) is 0 Å².